The highest BCUT2D eigenvalue weighted by Gasteiger charge is 2.41. The molecule has 104 valence electrons. The van der Waals surface area contributed by atoms with E-state index in [2.05, 4.69) is 0 Å². The van der Waals surface area contributed by atoms with Crippen LogP contribution in [0.5, 0.6) is 0 Å². The second kappa shape index (κ2) is 5.69. The highest BCUT2D eigenvalue weighted by molar-refractivity contribution is 5.97. The molecule has 1 fully saturated rings. The average molecular weight is 257 g/mol. The van der Waals surface area contributed by atoms with Crippen LogP contribution in [0, 0.1) is 17.3 Å². The number of aliphatic carboxylic acids is 1. The van der Waals surface area contributed by atoms with Crippen molar-refractivity contribution in [2.75, 3.05) is 19.7 Å². The van der Waals surface area contributed by atoms with Crippen LogP contribution in [0.4, 0.5) is 0 Å². The molecule has 1 rings (SSSR count). The van der Waals surface area contributed by atoms with Crippen molar-refractivity contribution in [3.05, 3.63) is 0 Å². The third kappa shape index (κ3) is 3.45. The molecule has 0 radical (unpaired) electrons. The van der Waals surface area contributed by atoms with Crippen molar-refractivity contribution in [1.29, 1.82) is 0 Å². The predicted molar refractivity (Wildman–Crippen MR) is 67.0 cm³/mol. The van der Waals surface area contributed by atoms with Crippen molar-refractivity contribution in [2.24, 2.45) is 17.3 Å². The molecular weight excluding hydrogens is 234 g/mol. The van der Waals surface area contributed by atoms with E-state index >= 15 is 0 Å². The van der Waals surface area contributed by atoms with Gasteiger partial charge in [0, 0.05) is 19.7 Å². The Hall–Kier alpha value is -1.10. The largest absolute Gasteiger partial charge is 0.481 e. The lowest BCUT2D eigenvalue weighted by Crippen LogP contribution is -2.44. The molecule has 0 bridgehead atoms. The minimum atomic E-state index is -1.06. The van der Waals surface area contributed by atoms with E-state index < -0.39 is 17.3 Å². The molecule has 1 saturated heterocycles. The quantitative estimate of drug-likeness (QED) is 0.735. The van der Waals surface area contributed by atoms with Gasteiger partial charge in [-0.05, 0) is 24.2 Å². The van der Waals surface area contributed by atoms with Crippen LogP contribution >= 0.6 is 0 Å². The maximum Gasteiger partial charge on any atom is 0.316 e. The van der Waals surface area contributed by atoms with Crippen LogP contribution in [0.25, 0.3) is 0 Å². The van der Waals surface area contributed by atoms with Crippen molar-refractivity contribution in [2.45, 2.75) is 33.6 Å². The number of aliphatic hydroxyl groups is 1. The monoisotopic (exact) mass is 257 g/mol. The van der Waals surface area contributed by atoms with Gasteiger partial charge in [-0.3, -0.25) is 9.59 Å². The lowest BCUT2D eigenvalue weighted by molar-refractivity contribution is -0.155. The Morgan fingerprint density at radius 2 is 2.00 bits per heavy atom. The van der Waals surface area contributed by atoms with Crippen molar-refractivity contribution in [3.63, 3.8) is 0 Å². The van der Waals surface area contributed by atoms with E-state index in [9.17, 15) is 14.7 Å². The molecule has 18 heavy (non-hydrogen) atoms. The van der Waals surface area contributed by atoms with Crippen molar-refractivity contribution < 1.29 is 19.8 Å². The maximum atomic E-state index is 12.3. The van der Waals surface area contributed by atoms with Gasteiger partial charge in [0.1, 0.15) is 5.92 Å². The Morgan fingerprint density at radius 1 is 1.39 bits per heavy atom. The molecular formula is C13H23NO4. The van der Waals surface area contributed by atoms with Crippen LogP contribution in [0.1, 0.15) is 33.6 Å². The summed E-state index contributed by atoms with van der Waals surface area (Å²) in [5, 5.41) is 18.1. The molecule has 0 aliphatic carbocycles. The number of hydrogen-bond acceptors (Lipinski definition) is 3. The number of aliphatic hydroxyl groups excluding tert-OH is 1. The van der Waals surface area contributed by atoms with Gasteiger partial charge in [-0.2, -0.15) is 0 Å². The number of amides is 1. The van der Waals surface area contributed by atoms with Crippen molar-refractivity contribution >= 4 is 11.9 Å². The first-order valence-electron chi connectivity index (χ1n) is 6.39. The Bertz CT molecular complexity index is 321. The zero-order valence-corrected chi connectivity index (χ0v) is 11.3. The number of carbonyl (C=O) groups is 2. The number of carboxylic acid groups (broad SMARTS) is 1. The molecule has 0 aromatic heterocycles. The van der Waals surface area contributed by atoms with Gasteiger partial charge >= 0.3 is 5.97 Å². The smallest absolute Gasteiger partial charge is 0.316 e. The third-order valence-corrected chi connectivity index (χ3v) is 3.49. The standard InChI is InChI=1S/C13H23NO4/c1-13(2,3)10(12(17)18)11(16)14-6-4-9(8-14)5-7-15/h9-10,15H,4-8H2,1-3H3,(H,17,18). The lowest BCUT2D eigenvalue weighted by atomic mass is 9.80. The van der Waals surface area contributed by atoms with Gasteiger partial charge in [-0.1, -0.05) is 20.8 Å². The van der Waals surface area contributed by atoms with E-state index in [1.54, 1.807) is 25.7 Å². The first-order valence-corrected chi connectivity index (χ1v) is 6.39. The number of nitrogens with zero attached hydrogens (tertiary/aromatic N) is 1. The van der Waals surface area contributed by atoms with E-state index in [1.807, 2.05) is 0 Å². The molecule has 2 atom stereocenters. The second-order valence-electron chi connectivity index (χ2n) is 6.09. The molecule has 0 aromatic carbocycles. The van der Waals surface area contributed by atoms with Crippen molar-refractivity contribution in [3.8, 4) is 0 Å². The molecule has 5 heteroatoms. The third-order valence-electron chi connectivity index (χ3n) is 3.49. The van der Waals surface area contributed by atoms with E-state index in [0.717, 1.165) is 6.42 Å². The lowest BCUT2D eigenvalue weighted by Gasteiger charge is -2.29. The summed E-state index contributed by atoms with van der Waals surface area (Å²) >= 11 is 0. The van der Waals surface area contributed by atoms with E-state index in [1.165, 1.54) is 0 Å². The van der Waals surface area contributed by atoms with E-state index in [4.69, 9.17) is 5.11 Å². The summed E-state index contributed by atoms with van der Waals surface area (Å²) in [7, 11) is 0. The number of likely N-dealkylation sites (tertiary alicyclic amines) is 1. The molecule has 5 nitrogen and oxygen atoms in total. The molecule has 1 heterocycles. The molecule has 0 aromatic rings. The van der Waals surface area contributed by atoms with Crippen molar-refractivity contribution in [1.82, 2.24) is 4.90 Å². The van der Waals surface area contributed by atoms with E-state index in [0.29, 0.717) is 25.4 Å². The summed E-state index contributed by atoms with van der Waals surface area (Å²) < 4.78 is 0. The normalized spacial score (nSPS) is 22.0. The van der Waals surface area contributed by atoms with Crippen LogP contribution in [-0.2, 0) is 9.59 Å². The molecule has 1 aliphatic rings. The topological polar surface area (TPSA) is 77.8 Å². The summed E-state index contributed by atoms with van der Waals surface area (Å²) in [5.41, 5.74) is -0.585. The highest BCUT2D eigenvalue weighted by atomic mass is 16.4. The molecule has 1 amide bonds. The Morgan fingerprint density at radius 3 is 2.44 bits per heavy atom. The summed E-state index contributed by atoms with van der Waals surface area (Å²) in [4.78, 5) is 25.2. The Balaban J connectivity index is 2.71. The number of carboxylic acids is 1. The Labute approximate surface area is 108 Å². The number of rotatable bonds is 4. The fraction of sp³-hybridized carbons (Fsp3) is 0.846. The minimum absolute atomic E-state index is 0.119. The number of carbonyl (C=O) groups excluding carboxylic acids is 1. The molecule has 0 spiro atoms. The first kappa shape index (κ1) is 15.0. The zero-order chi connectivity index (χ0) is 13.9. The van der Waals surface area contributed by atoms with Gasteiger partial charge in [0.2, 0.25) is 5.91 Å². The molecule has 0 saturated carbocycles. The SMILES string of the molecule is CC(C)(C)C(C(=O)O)C(=O)N1CCC(CCO)C1. The maximum absolute atomic E-state index is 12.3. The van der Waals surface area contributed by atoms with Crippen LogP contribution < -0.4 is 0 Å². The van der Waals surface area contributed by atoms with Crippen LogP contribution in [0.2, 0.25) is 0 Å². The van der Waals surface area contributed by atoms with Crippen LogP contribution in [0.15, 0.2) is 0 Å². The summed E-state index contributed by atoms with van der Waals surface area (Å²) in [5.74, 6) is -2.05. The van der Waals surface area contributed by atoms with Crippen LogP contribution in [-0.4, -0.2) is 46.7 Å². The zero-order valence-electron chi connectivity index (χ0n) is 11.3. The fourth-order valence-electron chi connectivity index (χ4n) is 2.48. The number of hydrogen-bond donors (Lipinski definition) is 2. The molecule has 2 N–H and O–H groups in total. The molecule has 1 aliphatic heterocycles. The van der Waals surface area contributed by atoms with Gasteiger partial charge in [0.05, 0.1) is 0 Å². The van der Waals surface area contributed by atoms with Gasteiger partial charge in [0.25, 0.3) is 0 Å². The summed E-state index contributed by atoms with van der Waals surface area (Å²) in [6, 6.07) is 0. The van der Waals surface area contributed by atoms with Gasteiger partial charge in [-0.15, -0.1) is 0 Å². The average Bonchev–Trinajstić information content (AvgIpc) is 2.63. The molecule has 2 unspecified atom stereocenters. The van der Waals surface area contributed by atoms with Gasteiger partial charge in [0.15, 0.2) is 0 Å². The minimum Gasteiger partial charge on any atom is -0.481 e. The highest BCUT2D eigenvalue weighted by Crippen LogP contribution is 2.30. The Kier molecular flexibility index (Phi) is 4.73. The summed E-state index contributed by atoms with van der Waals surface area (Å²) in [6.45, 7) is 6.60. The second-order valence-corrected chi connectivity index (χ2v) is 6.09. The van der Waals surface area contributed by atoms with E-state index in [-0.39, 0.29) is 12.5 Å². The van der Waals surface area contributed by atoms with Gasteiger partial charge < -0.3 is 15.1 Å². The van der Waals surface area contributed by atoms with Crippen LogP contribution in [0.3, 0.4) is 0 Å². The van der Waals surface area contributed by atoms with Gasteiger partial charge in [-0.25, -0.2) is 0 Å². The predicted octanol–water partition coefficient (Wildman–Crippen LogP) is 0.964. The fourth-order valence-corrected chi connectivity index (χ4v) is 2.48. The summed E-state index contributed by atoms with van der Waals surface area (Å²) in [6.07, 6.45) is 1.53. The first-order chi connectivity index (χ1) is 8.27.